The number of aryl methyl sites for hydroxylation is 1. The number of rotatable bonds is 1. The standard InChI is InChI=1S/C16H18S/c1-3-14-12-17-15-11-9-7-5-4-6-8-10-13(2)16(14)15/h4,6,8-12H,2-3,5,7H2,1H3/b6-4-,10-8?,11-9-. The maximum Gasteiger partial charge on any atom is 0.0348 e. The van der Waals surface area contributed by atoms with E-state index < -0.39 is 0 Å². The van der Waals surface area contributed by atoms with Crippen LogP contribution in [0.4, 0.5) is 0 Å². The van der Waals surface area contributed by atoms with Crippen molar-refractivity contribution in [2.45, 2.75) is 26.2 Å². The highest BCUT2D eigenvalue weighted by molar-refractivity contribution is 7.11. The van der Waals surface area contributed by atoms with Crippen molar-refractivity contribution >= 4 is 23.0 Å². The Kier molecular flexibility index (Phi) is 4.16. The number of hydrogen-bond acceptors (Lipinski definition) is 1. The van der Waals surface area contributed by atoms with Gasteiger partial charge in [0.1, 0.15) is 0 Å². The van der Waals surface area contributed by atoms with Crippen LogP contribution in [0.5, 0.6) is 0 Å². The molecular weight excluding hydrogens is 224 g/mol. The second kappa shape index (κ2) is 5.83. The van der Waals surface area contributed by atoms with Gasteiger partial charge < -0.3 is 0 Å². The number of hydrogen-bond donors (Lipinski definition) is 0. The number of thiophene rings is 1. The van der Waals surface area contributed by atoms with Gasteiger partial charge >= 0.3 is 0 Å². The molecule has 0 saturated heterocycles. The summed E-state index contributed by atoms with van der Waals surface area (Å²) < 4.78 is 0. The van der Waals surface area contributed by atoms with Crippen molar-refractivity contribution in [3.8, 4) is 0 Å². The summed E-state index contributed by atoms with van der Waals surface area (Å²) in [5.74, 6) is 0. The minimum atomic E-state index is 1.07. The van der Waals surface area contributed by atoms with Crippen LogP contribution in [0, 0.1) is 0 Å². The molecule has 0 radical (unpaired) electrons. The van der Waals surface area contributed by atoms with Gasteiger partial charge in [0.2, 0.25) is 0 Å². The van der Waals surface area contributed by atoms with Crippen molar-refractivity contribution < 1.29 is 0 Å². The predicted molar refractivity (Wildman–Crippen MR) is 79.3 cm³/mol. The maximum atomic E-state index is 4.19. The first-order valence-corrected chi connectivity index (χ1v) is 7.00. The lowest BCUT2D eigenvalue weighted by molar-refractivity contribution is 1.06. The van der Waals surface area contributed by atoms with Crippen LogP contribution < -0.4 is 0 Å². The highest BCUT2D eigenvalue weighted by Gasteiger charge is 2.09. The van der Waals surface area contributed by atoms with E-state index in [2.05, 4.69) is 55.3 Å². The third-order valence-corrected chi connectivity index (χ3v) is 3.91. The summed E-state index contributed by atoms with van der Waals surface area (Å²) in [6.07, 6.45) is 16.3. The maximum absolute atomic E-state index is 4.19. The Morgan fingerprint density at radius 1 is 1.18 bits per heavy atom. The highest BCUT2D eigenvalue weighted by Crippen LogP contribution is 2.31. The van der Waals surface area contributed by atoms with Crippen LogP contribution in [0.25, 0.3) is 11.6 Å². The molecule has 0 aromatic carbocycles. The molecule has 0 saturated carbocycles. The second-order valence-corrected chi connectivity index (χ2v) is 5.06. The number of allylic oxidation sites excluding steroid dienone is 6. The zero-order valence-electron chi connectivity index (χ0n) is 10.3. The molecule has 0 fully saturated rings. The van der Waals surface area contributed by atoms with Gasteiger partial charge in [0.05, 0.1) is 0 Å². The van der Waals surface area contributed by atoms with E-state index in [4.69, 9.17) is 0 Å². The normalized spacial score (nSPS) is 19.5. The lowest BCUT2D eigenvalue weighted by Gasteiger charge is -2.03. The van der Waals surface area contributed by atoms with Crippen LogP contribution in [0.15, 0.2) is 42.3 Å². The molecule has 0 atom stereocenters. The molecule has 88 valence electrons. The fourth-order valence-electron chi connectivity index (χ4n) is 1.97. The van der Waals surface area contributed by atoms with Crippen LogP contribution in [-0.4, -0.2) is 0 Å². The van der Waals surface area contributed by atoms with E-state index in [0.29, 0.717) is 0 Å². The molecule has 2 rings (SSSR count). The number of fused-ring (bicyclic) bond motifs is 1. The topological polar surface area (TPSA) is 0 Å². The Morgan fingerprint density at radius 2 is 2.00 bits per heavy atom. The lowest BCUT2D eigenvalue weighted by atomic mass is 10.0. The Bertz CT molecular complexity index is 484. The van der Waals surface area contributed by atoms with Gasteiger partial charge in [0.25, 0.3) is 0 Å². The zero-order chi connectivity index (χ0) is 12.1. The molecule has 0 bridgehead atoms. The molecule has 1 aromatic rings. The molecule has 0 nitrogen and oxygen atoms in total. The minimum Gasteiger partial charge on any atom is -0.144 e. The third kappa shape index (κ3) is 2.86. The summed E-state index contributed by atoms with van der Waals surface area (Å²) in [5.41, 5.74) is 3.86. The lowest BCUT2D eigenvalue weighted by Crippen LogP contribution is -1.86. The first-order chi connectivity index (χ1) is 8.33. The molecular formula is C16H18S. The average molecular weight is 242 g/mol. The summed E-state index contributed by atoms with van der Waals surface area (Å²) in [5, 5.41) is 2.26. The summed E-state index contributed by atoms with van der Waals surface area (Å²) in [7, 11) is 0. The summed E-state index contributed by atoms with van der Waals surface area (Å²) in [6, 6.07) is 0. The molecule has 0 unspecified atom stereocenters. The molecule has 1 aromatic heterocycles. The Hall–Kier alpha value is -1.34. The highest BCUT2D eigenvalue weighted by atomic mass is 32.1. The Balaban J connectivity index is 2.45. The fraction of sp³-hybridized carbons (Fsp3) is 0.250. The second-order valence-electron chi connectivity index (χ2n) is 4.15. The molecule has 0 amide bonds. The van der Waals surface area contributed by atoms with Crippen LogP contribution in [-0.2, 0) is 6.42 Å². The van der Waals surface area contributed by atoms with E-state index >= 15 is 0 Å². The molecule has 0 aliphatic heterocycles. The van der Waals surface area contributed by atoms with E-state index in [1.54, 1.807) is 0 Å². The molecule has 0 N–H and O–H groups in total. The molecule has 1 heteroatoms. The van der Waals surface area contributed by atoms with Crippen molar-refractivity contribution in [3.63, 3.8) is 0 Å². The van der Waals surface area contributed by atoms with Crippen molar-refractivity contribution in [1.29, 1.82) is 0 Å². The van der Waals surface area contributed by atoms with Gasteiger partial charge in [-0.1, -0.05) is 43.9 Å². The molecule has 1 aliphatic rings. The molecule has 1 aliphatic carbocycles. The van der Waals surface area contributed by atoms with Crippen molar-refractivity contribution in [2.75, 3.05) is 0 Å². The van der Waals surface area contributed by atoms with Gasteiger partial charge in [0.15, 0.2) is 0 Å². The van der Waals surface area contributed by atoms with Gasteiger partial charge in [0, 0.05) is 10.4 Å². The van der Waals surface area contributed by atoms with Gasteiger partial charge in [-0.15, -0.1) is 11.3 Å². The van der Waals surface area contributed by atoms with Crippen LogP contribution in [0.1, 0.15) is 35.8 Å². The van der Waals surface area contributed by atoms with E-state index in [9.17, 15) is 0 Å². The summed E-state index contributed by atoms with van der Waals surface area (Å²) in [6.45, 7) is 6.40. The molecule has 1 heterocycles. The van der Waals surface area contributed by atoms with E-state index in [1.807, 2.05) is 11.3 Å². The van der Waals surface area contributed by atoms with Crippen LogP contribution in [0.2, 0.25) is 0 Å². The monoisotopic (exact) mass is 242 g/mol. The third-order valence-electron chi connectivity index (χ3n) is 2.91. The van der Waals surface area contributed by atoms with Crippen LogP contribution >= 0.6 is 11.3 Å². The SMILES string of the molecule is C=C1C=C/C=C\CC/C=C\c2scc(CC)c21. The first-order valence-electron chi connectivity index (χ1n) is 6.12. The average Bonchev–Trinajstić information content (AvgIpc) is 2.73. The largest absolute Gasteiger partial charge is 0.144 e. The van der Waals surface area contributed by atoms with Gasteiger partial charge in [-0.05, 0) is 41.9 Å². The smallest absolute Gasteiger partial charge is 0.0348 e. The van der Waals surface area contributed by atoms with Gasteiger partial charge in [-0.25, -0.2) is 0 Å². The van der Waals surface area contributed by atoms with Crippen LogP contribution in [0.3, 0.4) is 0 Å². The van der Waals surface area contributed by atoms with E-state index in [-0.39, 0.29) is 0 Å². The minimum absolute atomic E-state index is 1.07. The van der Waals surface area contributed by atoms with E-state index in [0.717, 1.165) is 24.8 Å². The fourth-order valence-corrected chi connectivity index (χ4v) is 3.08. The van der Waals surface area contributed by atoms with Gasteiger partial charge in [-0.3, -0.25) is 0 Å². The van der Waals surface area contributed by atoms with E-state index in [1.165, 1.54) is 16.0 Å². The summed E-state index contributed by atoms with van der Waals surface area (Å²) in [4.78, 5) is 1.35. The van der Waals surface area contributed by atoms with Crippen molar-refractivity contribution in [1.82, 2.24) is 0 Å². The molecule has 0 spiro atoms. The van der Waals surface area contributed by atoms with Gasteiger partial charge in [-0.2, -0.15) is 0 Å². The van der Waals surface area contributed by atoms with Crippen molar-refractivity contribution in [2.24, 2.45) is 0 Å². The zero-order valence-corrected chi connectivity index (χ0v) is 11.1. The molecule has 17 heavy (non-hydrogen) atoms. The predicted octanol–water partition coefficient (Wildman–Crippen LogP) is 5.24. The first kappa shape index (κ1) is 12.1. The Morgan fingerprint density at radius 3 is 2.82 bits per heavy atom. The summed E-state index contributed by atoms with van der Waals surface area (Å²) >= 11 is 1.82. The van der Waals surface area contributed by atoms with Crippen molar-refractivity contribution in [3.05, 3.63) is 58.3 Å². The Labute approximate surface area is 108 Å². The quantitative estimate of drug-likeness (QED) is 0.631.